The minimum atomic E-state index is -0.360. The summed E-state index contributed by atoms with van der Waals surface area (Å²) in [5.74, 6) is 0. The standard InChI is InChI=1S/C8H18O3.C4H10O/c1-2-3-4-8(10)7-11-6-5-9;1-3-5-4-2/h8-10H,2-7H2,1H3;3-4H2,1-2H3. The van der Waals surface area contributed by atoms with Gasteiger partial charge in [-0.05, 0) is 20.3 Å². The van der Waals surface area contributed by atoms with Crippen molar-refractivity contribution in [1.29, 1.82) is 0 Å². The van der Waals surface area contributed by atoms with Crippen LogP contribution in [-0.2, 0) is 9.47 Å². The van der Waals surface area contributed by atoms with Crippen LogP contribution in [0.3, 0.4) is 0 Å². The molecule has 2 N–H and O–H groups in total. The first kappa shape index (κ1) is 18.2. The molecule has 0 bridgehead atoms. The average molecular weight is 236 g/mol. The van der Waals surface area contributed by atoms with Crippen molar-refractivity contribution >= 4 is 0 Å². The average Bonchev–Trinajstić information content (AvgIpc) is 2.29. The van der Waals surface area contributed by atoms with E-state index in [4.69, 9.17) is 14.6 Å². The van der Waals surface area contributed by atoms with Crippen LogP contribution >= 0.6 is 0 Å². The Kier molecular flexibility index (Phi) is 19.6. The highest BCUT2D eigenvalue weighted by atomic mass is 16.5. The summed E-state index contributed by atoms with van der Waals surface area (Å²) < 4.78 is 9.77. The van der Waals surface area contributed by atoms with E-state index in [1.165, 1.54) is 0 Å². The minimum Gasteiger partial charge on any atom is -0.394 e. The molecule has 0 amide bonds. The van der Waals surface area contributed by atoms with Crippen LogP contribution in [0.2, 0.25) is 0 Å². The number of hydrogen-bond donors (Lipinski definition) is 2. The Morgan fingerprint density at radius 1 is 1.06 bits per heavy atom. The van der Waals surface area contributed by atoms with Gasteiger partial charge in [0.1, 0.15) is 0 Å². The van der Waals surface area contributed by atoms with E-state index < -0.39 is 0 Å². The predicted octanol–water partition coefficient (Wildman–Crippen LogP) is 1.59. The third kappa shape index (κ3) is 19.4. The maximum absolute atomic E-state index is 9.20. The van der Waals surface area contributed by atoms with Gasteiger partial charge in [0.15, 0.2) is 0 Å². The van der Waals surface area contributed by atoms with Crippen LogP contribution < -0.4 is 0 Å². The van der Waals surface area contributed by atoms with Gasteiger partial charge in [0.25, 0.3) is 0 Å². The summed E-state index contributed by atoms with van der Waals surface area (Å²) in [7, 11) is 0. The van der Waals surface area contributed by atoms with Crippen LogP contribution in [0.15, 0.2) is 0 Å². The van der Waals surface area contributed by atoms with Crippen molar-refractivity contribution in [2.45, 2.75) is 46.1 Å². The minimum absolute atomic E-state index is 0.0283. The van der Waals surface area contributed by atoms with E-state index in [1.54, 1.807) is 0 Å². The molecular formula is C12H28O4. The molecule has 0 aliphatic rings. The molecule has 0 saturated carbocycles. The van der Waals surface area contributed by atoms with Crippen LogP contribution in [0.1, 0.15) is 40.0 Å². The summed E-state index contributed by atoms with van der Waals surface area (Å²) in [5.41, 5.74) is 0. The van der Waals surface area contributed by atoms with Crippen molar-refractivity contribution in [3.8, 4) is 0 Å². The summed E-state index contributed by atoms with van der Waals surface area (Å²) in [5, 5.41) is 17.5. The van der Waals surface area contributed by atoms with E-state index in [9.17, 15) is 5.11 Å². The van der Waals surface area contributed by atoms with Gasteiger partial charge in [-0.15, -0.1) is 0 Å². The summed E-state index contributed by atoms with van der Waals surface area (Å²) >= 11 is 0. The molecule has 0 saturated heterocycles. The molecule has 0 heterocycles. The van der Waals surface area contributed by atoms with Gasteiger partial charge < -0.3 is 19.7 Å². The lowest BCUT2D eigenvalue weighted by Gasteiger charge is -2.09. The van der Waals surface area contributed by atoms with E-state index in [0.29, 0.717) is 13.2 Å². The largest absolute Gasteiger partial charge is 0.394 e. The Hall–Kier alpha value is -0.160. The number of aliphatic hydroxyl groups is 2. The Labute approximate surface area is 99.6 Å². The lowest BCUT2D eigenvalue weighted by Crippen LogP contribution is -2.16. The molecule has 0 aromatic carbocycles. The van der Waals surface area contributed by atoms with E-state index in [-0.39, 0.29) is 12.7 Å². The lowest BCUT2D eigenvalue weighted by atomic mass is 10.2. The number of unbranched alkanes of at least 4 members (excludes halogenated alkanes) is 1. The van der Waals surface area contributed by atoms with E-state index in [1.807, 2.05) is 13.8 Å². The molecule has 0 spiro atoms. The van der Waals surface area contributed by atoms with Crippen LogP contribution in [-0.4, -0.2) is 49.4 Å². The second-order valence-electron chi connectivity index (χ2n) is 3.38. The summed E-state index contributed by atoms with van der Waals surface area (Å²) in [6, 6.07) is 0. The SMILES string of the molecule is CCCCC(O)COCCO.CCOCC. The molecular weight excluding hydrogens is 208 g/mol. The molecule has 0 rings (SSSR count). The molecule has 0 aliphatic heterocycles. The predicted molar refractivity (Wildman–Crippen MR) is 65.6 cm³/mol. The third-order valence-corrected chi connectivity index (χ3v) is 1.85. The normalized spacial score (nSPS) is 11.8. The van der Waals surface area contributed by atoms with Gasteiger partial charge >= 0.3 is 0 Å². The smallest absolute Gasteiger partial charge is 0.0773 e. The molecule has 0 radical (unpaired) electrons. The number of ether oxygens (including phenoxy) is 2. The molecule has 4 nitrogen and oxygen atoms in total. The first-order chi connectivity index (χ1) is 7.72. The van der Waals surface area contributed by atoms with Crippen molar-refractivity contribution in [2.75, 3.05) is 33.0 Å². The van der Waals surface area contributed by atoms with Gasteiger partial charge in [0.2, 0.25) is 0 Å². The van der Waals surface area contributed by atoms with Gasteiger partial charge in [-0.2, -0.15) is 0 Å². The Morgan fingerprint density at radius 3 is 2.06 bits per heavy atom. The molecule has 16 heavy (non-hydrogen) atoms. The maximum Gasteiger partial charge on any atom is 0.0773 e. The quantitative estimate of drug-likeness (QED) is 0.597. The fraction of sp³-hybridized carbons (Fsp3) is 1.00. The molecule has 100 valence electrons. The molecule has 1 unspecified atom stereocenters. The number of rotatable bonds is 9. The molecule has 0 aromatic heterocycles. The van der Waals surface area contributed by atoms with Gasteiger partial charge in [0, 0.05) is 13.2 Å². The van der Waals surface area contributed by atoms with Crippen molar-refractivity contribution in [3.63, 3.8) is 0 Å². The summed E-state index contributed by atoms with van der Waals surface area (Å²) in [4.78, 5) is 0. The summed E-state index contributed by atoms with van der Waals surface area (Å²) in [6.07, 6.45) is 2.56. The second-order valence-corrected chi connectivity index (χ2v) is 3.38. The van der Waals surface area contributed by atoms with Crippen LogP contribution in [0, 0.1) is 0 Å². The summed E-state index contributed by atoms with van der Waals surface area (Å²) in [6.45, 7) is 8.45. The van der Waals surface area contributed by atoms with Gasteiger partial charge in [-0.25, -0.2) is 0 Å². The zero-order valence-corrected chi connectivity index (χ0v) is 10.9. The molecule has 4 heteroatoms. The highest BCUT2D eigenvalue weighted by Gasteiger charge is 2.01. The molecule has 1 atom stereocenters. The molecule has 0 aromatic rings. The Bertz CT molecular complexity index is 107. The Morgan fingerprint density at radius 2 is 1.69 bits per heavy atom. The van der Waals surface area contributed by atoms with Crippen molar-refractivity contribution in [2.24, 2.45) is 0 Å². The first-order valence-corrected chi connectivity index (χ1v) is 6.17. The number of hydrogen-bond acceptors (Lipinski definition) is 4. The van der Waals surface area contributed by atoms with Gasteiger partial charge in [-0.3, -0.25) is 0 Å². The zero-order chi connectivity index (χ0) is 12.6. The van der Waals surface area contributed by atoms with E-state index >= 15 is 0 Å². The second kappa shape index (κ2) is 17.2. The van der Waals surface area contributed by atoms with Crippen LogP contribution in [0.5, 0.6) is 0 Å². The van der Waals surface area contributed by atoms with Gasteiger partial charge in [-0.1, -0.05) is 19.8 Å². The van der Waals surface area contributed by atoms with Crippen LogP contribution in [0.25, 0.3) is 0 Å². The molecule has 0 fully saturated rings. The fourth-order valence-corrected chi connectivity index (χ4v) is 1.01. The van der Waals surface area contributed by atoms with Crippen molar-refractivity contribution in [1.82, 2.24) is 0 Å². The van der Waals surface area contributed by atoms with Crippen molar-refractivity contribution in [3.05, 3.63) is 0 Å². The zero-order valence-electron chi connectivity index (χ0n) is 10.9. The van der Waals surface area contributed by atoms with Crippen LogP contribution in [0.4, 0.5) is 0 Å². The van der Waals surface area contributed by atoms with E-state index in [2.05, 4.69) is 6.92 Å². The topological polar surface area (TPSA) is 58.9 Å². The highest BCUT2D eigenvalue weighted by Crippen LogP contribution is 2.00. The third-order valence-electron chi connectivity index (χ3n) is 1.85. The first-order valence-electron chi connectivity index (χ1n) is 6.17. The van der Waals surface area contributed by atoms with Crippen molar-refractivity contribution < 1.29 is 19.7 Å². The van der Waals surface area contributed by atoms with Gasteiger partial charge in [0.05, 0.1) is 25.9 Å². The lowest BCUT2D eigenvalue weighted by molar-refractivity contribution is 0.0172. The monoisotopic (exact) mass is 236 g/mol. The number of aliphatic hydroxyl groups excluding tert-OH is 2. The Balaban J connectivity index is 0. The highest BCUT2D eigenvalue weighted by molar-refractivity contribution is 4.52. The molecule has 0 aliphatic carbocycles. The fourth-order valence-electron chi connectivity index (χ4n) is 1.01. The van der Waals surface area contributed by atoms with E-state index in [0.717, 1.165) is 32.5 Å². The maximum atomic E-state index is 9.20.